The van der Waals surface area contributed by atoms with Gasteiger partial charge >= 0.3 is 0 Å². The zero-order chi connectivity index (χ0) is 14.3. The van der Waals surface area contributed by atoms with Crippen LogP contribution >= 0.6 is 34.8 Å². The third-order valence-electron chi connectivity index (χ3n) is 2.29. The summed E-state index contributed by atoms with van der Waals surface area (Å²) in [6.45, 7) is 0. The van der Waals surface area contributed by atoms with E-state index in [0.717, 1.165) is 0 Å². The fourth-order valence-corrected chi connectivity index (χ4v) is 2.18. The maximum Gasteiger partial charge on any atom is 0.252 e. The molecule has 0 radical (unpaired) electrons. The smallest absolute Gasteiger partial charge is 0.201 e. The fraction of sp³-hybridized carbons (Fsp3) is 0. The van der Waals surface area contributed by atoms with Gasteiger partial charge in [0, 0.05) is 5.56 Å². The zero-order valence-corrected chi connectivity index (χ0v) is 11.0. The fourth-order valence-electron chi connectivity index (χ4n) is 1.46. The normalized spacial score (nSPS) is 10.9. The lowest BCUT2D eigenvalue weighted by molar-refractivity contribution is 0.410. The number of hydrogen-bond donors (Lipinski definition) is 0. The number of halogens is 7. The van der Waals surface area contributed by atoms with Crippen LogP contribution in [0.15, 0.2) is 12.1 Å². The van der Waals surface area contributed by atoms with Crippen molar-refractivity contribution in [3.05, 3.63) is 50.7 Å². The molecule has 0 unspecified atom stereocenters. The Bertz CT molecular complexity index is 649. The number of nitrogens with zero attached hydrogens (tertiary/aromatic N) is 1. The number of hydrogen-bond acceptors (Lipinski definition) is 1. The largest absolute Gasteiger partial charge is 0.252 e. The Labute approximate surface area is 119 Å². The van der Waals surface area contributed by atoms with E-state index in [1.165, 1.54) is 12.1 Å². The van der Waals surface area contributed by atoms with Gasteiger partial charge in [-0.2, -0.15) is 13.8 Å². The lowest BCUT2D eigenvalue weighted by Gasteiger charge is -2.11. The van der Waals surface area contributed by atoms with Crippen molar-refractivity contribution in [1.29, 1.82) is 0 Å². The van der Waals surface area contributed by atoms with E-state index in [1.54, 1.807) is 0 Å². The van der Waals surface area contributed by atoms with Gasteiger partial charge in [-0.1, -0.05) is 34.8 Å². The monoisotopic (exact) mass is 329 g/mol. The quantitative estimate of drug-likeness (QED) is 0.394. The summed E-state index contributed by atoms with van der Waals surface area (Å²) in [4.78, 5) is 2.44. The molecule has 1 nitrogen and oxygen atoms in total. The molecule has 0 aliphatic rings. The van der Waals surface area contributed by atoms with Gasteiger partial charge in [0.25, 0.3) is 11.9 Å². The van der Waals surface area contributed by atoms with Crippen LogP contribution in [-0.4, -0.2) is 4.98 Å². The van der Waals surface area contributed by atoms with Crippen LogP contribution in [0, 0.1) is 23.5 Å². The highest BCUT2D eigenvalue weighted by Crippen LogP contribution is 2.41. The highest BCUT2D eigenvalue weighted by Gasteiger charge is 2.26. The number of pyridine rings is 1. The maximum atomic E-state index is 13.6. The Morgan fingerprint density at radius 1 is 0.737 bits per heavy atom. The van der Waals surface area contributed by atoms with Crippen molar-refractivity contribution in [2.45, 2.75) is 0 Å². The molecule has 100 valence electrons. The molecule has 0 aliphatic heterocycles. The molecule has 8 heteroatoms. The van der Waals surface area contributed by atoms with Crippen molar-refractivity contribution < 1.29 is 17.6 Å². The molecular weight excluding hydrogens is 328 g/mol. The molecule has 1 heterocycles. The van der Waals surface area contributed by atoms with Crippen LogP contribution < -0.4 is 0 Å². The van der Waals surface area contributed by atoms with E-state index in [2.05, 4.69) is 4.98 Å². The molecule has 2 aromatic rings. The van der Waals surface area contributed by atoms with Gasteiger partial charge < -0.3 is 0 Å². The molecule has 0 saturated heterocycles. The van der Waals surface area contributed by atoms with Gasteiger partial charge in [-0.15, -0.1) is 0 Å². The first kappa shape index (κ1) is 14.4. The predicted octanol–water partition coefficient (Wildman–Crippen LogP) is 5.27. The van der Waals surface area contributed by atoms with Crippen molar-refractivity contribution in [3.63, 3.8) is 0 Å². The van der Waals surface area contributed by atoms with Crippen molar-refractivity contribution in [3.8, 4) is 11.1 Å². The summed E-state index contributed by atoms with van der Waals surface area (Å²) >= 11 is 17.2. The third kappa shape index (κ3) is 2.38. The summed E-state index contributed by atoms with van der Waals surface area (Å²) in [7, 11) is 0. The van der Waals surface area contributed by atoms with Crippen LogP contribution in [0.5, 0.6) is 0 Å². The van der Waals surface area contributed by atoms with Gasteiger partial charge in [0.05, 0.1) is 20.6 Å². The van der Waals surface area contributed by atoms with Crippen LogP contribution in [0.4, 0.5) is 17.6 Å². The van der Waals surface area contributed by atoms with Crippen LogP contribution in [0.3, 0.4) is 0 Å². The predicted molar refractivity (Wildman–Crippen MR) is 64.5 cm³/mol. The molecule has 1 aromatic heterocycles. The van der Waals surface area contributed by atoms with Crippen LogP contribution in [0.2, 0.25) is 15.1 Å². The standard InChI is InChI=1S/C11H2Cl3F4N/c12-3-1-2-4(13)7(14)5(3)6-8(15)10(17)19-11(18)9(6)16/h1-2H. The molecule has 1 aromatic carbocycles. The molecule has 0 N–H and O–H groups in total. The summed E-state index contributed by atoms with van der Waals surface area (Å²) in [6, 6.07) is 2.47. The highest BCUT2D eigenvalue weighted by atomic mass is 35.5. The lowest BCUT2D eigenvalue weighted by Crippen LogP contribution is -2.03. The average Bonchev–Trinajstić information content (AvgIpc) is 2.36. The second kappa shape index (κ2) is 5.15. The Balaban J connectivity index is 2.91. The minimum Gasteiger partial charge on any atom is -0.201 e. The molecule has 19 heavy (non-hydrogen) atoms. The Morgan fingerprint density at radius 2 is 1.21 bits per heavy atom. The molecular formula is C11H2Cl3F4N. The summed E-state index contributed by atoms with van der Waals surface area (Å²) in [5, 5.41) is -0.605. The molecule has 0 saturated carbocycles. The van der Waals surface area contributed by atoms with E-state index in [0.29, 0.717) is 0 Å². The van der Waals surface area contributed by atoms with Crippen molar-refractivity contribution in [2.75, 3.05) is 0 Å². The second-order valence-electron chi connectivity index (χ2n) is 3.41. The van der Waals surface area contributed by atoms with Gasteiger partial charge in [0.2, 0.25) is 0 Å². The summed E-state index contributed by atoms with van der Waals surface area (Å²) in [6.07, 6.45) is 0. The minimum atomic E-state index is -1.80. The molecule has 0 spiro atoms. The van der Waals surface area contributed by atoms with Gasteiger partial charge in [0.1, 0.15) is 0 Å². The Kier molecular flexibility index (Phi) is 3.90. The van der Waals surface area contributed by atoms with Crippen LogP contribution in [-0.2, 0) is 0 Å². The zero-order valence-electron chi connectivity index (χ0n) is 8.75. The molecule has 0 fully saturated rings. The summed E-state index contributed by atoms with van der Waals surface area (Å²) in [5.74, 6) is -7.02. The summed E-state index contributed by atoms with van der Waals surface area (Å²) < 4.78 is 53.3. The molecule has 0 bridgehead atoms. The van der Waals surface area contributed by atoms with E-state index in [9.17, 15) is 17.6 Å². The highest BCUT2D eigenvalue weighted by molar-refractivity contribution is 6.46. The SMILES string of the molecule is Fc1nc(F)c(F)c(-c2c(Cl)ccc(Cl)c2Cl)c1F. The molecule has 0 aliphatic carbocycles. The molecule has 2 rings (SSSR count). The van der Waals surface area contributed by atoms with Gasteiger partial charge in [-0.25, -0.2) is 8.78 Å². The van der Waals surface area contributed by atoms with Crippen LogP contribution in [0.25, 0.3) is 11.1 Å². The lowest BCUT2D eigenvalue weighted by atomic mass is 10.1. The van der Waals surface area contributed by atoms with Crippen molar-refractivity contribution in [2.24, 2.45) is 0 Å². The van der Waals surface area contributed by atoms with E-state index in [4.69, 9.17) is 34.8 Å². The van der Waals surface area contributed by atoms with E-state index in [1.807, 2.05) is 0 Å². The molecule has 0 amide bonds. The minimum absolute atomic E-state index is 0.0718. The van der Waals surface area contributed by atoms with Gasteiger partial charge in [-0.05, 0) is 12.1 Å². The topological polar surface area (TPSA) is 12.9 Å². The number of benzene rings is 1. The maximum absolute atomic E-state index is 13.6. The molecule has 0 atom stereocenters. The van der Waals surface area contributed by atoms with Crippen molar-refractivity contribution >= 4 is 34.8 Å². The van der Waals surface area contributed by atoms with Crippen molar-refractivity contribution in [1.82, 2.24) is 4.98 Å². The number of aromatic nitrogens is 1. The summed E-state index contributed by atoms with van der Waals surface area (Å²) in [5.41, 5.74) is -1.49. The number of rotatable bonds is 1. The van der Waals surface area contributed by atoms with E-state index in [-0.39, 0.29) is 15.1 Å². The first-order valence-corrected chi connectivity index (χ1v) is 5.81. The Morgan fingerprint density at radius 3 is 1.74 bits per heavy atom. The van der Waals surface area contributed by atoms with E-state index < -0.39 is 34.7 Å². The first-order valence-electron chi connectivity index (χ1n) is 4.68. The Hall–Kier alpha value is -1.04. The third-order valence-corrected chi connectivity index (χ3v) is 3.41. The first-order chi connectivity index (χ1) is 8.84. The van der Waals surface area contributed by atoms with Gasteiger partial charge in [0.15, 0.2) is 11.6 Å². The average molecular weight is 330 g/mol. The van der Waals surface area contributed by atoms with Gasteiger partial charge in [-0.3, -0.25) is 0 Å². The second-order valence-corrected chi connectivity index (χ2v) is 4.61. The van der Waals surface area contributed by atoms with E-state index >= 15 is 0 Å². The van der Waals surface area contributed by atoms with Crippen LogP contribution in [0.1, 0.15) is 0 Å².